The summed E-state index contributed by atoms with van der Waals surface area (Å²) in [4.78, 5) is 24.9. The number of fused-ring (bicyclic) bond motifs is 2. The summed E-state index contributed by atoms with van der Waals surface area (Å²) in [6.07, 6.45) is 7.26. The van der Waals surface area contributed by atoms with Gasteiger partial charge in [-0.1, -0.05) is 23.7 Å². The summed E-state index contributed by atoms with van der Waals surface area (Å²) in [7, 11) is 0. The lowest BCUT2D eigenvalue weighted by molar-refractivity contribution is -0.118. The fourth-order valence-corrected chi connectivity index (χ4v) is 6.34. The quantitative estimate of drug-likeness (QED) is 0.287. The second-order valence-corrected chi connectivity index (χ2v) is 11.2. The summed E-state index contributed by atoms with van der Waals surface area (Å²) in [5, 5.41) is 15.0. The number of thiazole rings is 1. The number of aromatic nitrogens is 5. The normalized spacial score (nSPS) is 15.6. The van der Waals surface area contributed by atoms with E-state index in [-0.39, 0.29) is 18.3 Å². The van der Waals surface area contributed by atoms with Gasteiger partial charge >= 0.3 is 0 Å². The Labute approximate surface area is 246 Å². The van der Waals surface area contributed by atoms with Crippen LogP contribution >= 0.6 is 35.3 Å². The first kappa shape index (κ1) is 26.8. The molecule has 5 heterocycles. The molecule has 1 unspecified atom stereocenters. The first-order valence-corrected chi connectivity index (χ1v) is 14.4. The number of amides is 1. The number of anilines is 2. The molecule has 0 aliphatic carbocycles. The molecule has 12 heteroatoms. The van der Waals surface area contributed by atoms with Crippen LogP contribution in [0, 0.1) is 0 Å². The largest absolute Gasteiger partial charge is 0.369 e. The lowest BCUT2D eigenvalue weighted by Crippen LogP contribution is -2.43. The van der Waals surface area contributed by atoms with Gasteiger partial charge in [0.05, 0.1) is 22.6 Å². The number of aryl methyl sites for hydroxylation is 1. The van der Waals surface area contributed by atoms with Crippen molar-refractivity contribution in [2.24, 2.45) is 0 Å². The maximum Gasteiger partial charge on any atom is 0.257 e. The highest BCUT2D eigenvalue weighted by atomic mass is 35.5. The zero-order chi connectivity index (χ0) is 26.3. The van der Waals surface area contributed by atoms with Crippen LogP contribution in [0.3, 0.4) is 0 Å². The molecule has 9 nitrogen and oxygen atoms in total. The van der Waals surface area contributed by atoms with Crippen LogP contribution in [-0.4, -0.2) is 56.4 Å². The summed E-state index contributed by atoms with van der Waals surface area (Å²) < 4.78 is 3.82. The van der Waals surface area contributed by atoms with Gasteiger partial charge in [-0.15, -0.1) is 23.7 Å². The number of nitrogens with zero attached hydrogens (tertiary/aromatic N) is 6. The van der Waals surface area contributed by atoms with Gasteiger partial charge in [0, 0.05) is 67.3 Å². The Morgan fingerprint density at radius 2 is 1.90 bits per heavy atom. The van der Waals surface area contributed by atoms with Crippen molar-refractivity contribution in [1.29, 1.82) is 0 Å². The zero-order valence-corrected chi connectivity index (χ0v) is 24.0. The number of hydrogen-bond donors (Lipinski definition) is 2. The molecule has 0 bridgehead atoms. The number of hydrogen-bond acceptors (Lipinski definition) is 7. The highest BCUT2D eigenvalue weighted by Gasteiger charge is 2.32. The molecule has 2 aromatic carbocycles. The molecule has 3 aromatic heterocycles. The SMILES string of the molecule is Cl.O=C(Nc1nccs1)C(c1ncn2c1CCC2)n1cc2c(Cl)cc(-c3ccc(N4CCNCC4)cc3)cc2n1. The topological polar surface area (TPSA) is 92.9 Å². The van der Waals surface area contributed by atoms with Crippen LogP contribution in [0.4, 0.5) is 10.8 Å². The molecule has 1 atom stereocenters. The van der Waals surface area contributed by atoms with Crippen molar-refractivity contribution < 1.29 is 4.79 Å². The molecule has 0 radical (unpaired) electrons. The molecule has 206 valence electrons. The monoisotopic (exact) mass is 594 g/mol. The average Bonchev–Trinajstić information content (AvgIpc) is 3.76. The second kappa shape index (κ2) is 11.2. The van der Waals surface area contributed by atoms with Crippen molar-refractivity contribution in [3.8, 4) is 11.1 Å². The molecule has 1 fully saturated rings. The van der Waals surface area contributed by atoms with Gasteiger partial charge in [-0.05, 0) is 48.2 Å². The van der Waals surface area contributed by atoms with Crippen molar-refractivity contribution >= 4 is 63.0 Å². The predicted octanol–water partition coefficient (Wildman–Crippen LogP) is 5.02. The molecule has 0 saturated carbocycles. The summed E-state index contributed by atoms with van der Waals surface area (Å²) in [6.45, 7) is 4.92. The number of rotatable bonds is 6. The number of piperazine rings is 1. The molecule has 40 heavy (non-hydrogen) atoms. The minimum Gasteiger partial charge on any atom is -0.369 e. The maximum atomic E-state index is 13.6. The van der Waals surface area contributed by atoms with Crippen LogP contribution < -0.4 is 15.5 Å². The van der Waals surface area contributed by atoms with Gasteiger partial charge in [-0.25, -0.2) is 9.97 Å². The summed E-state index contributed by atoms with van der Waals surface area (Å²) in [5.74, 6) is -0.231. The Morgan fingerprint density at radius 1 is 1.07 bits per heavy atom. The van der Waals surface area contributed by atoms with E-state index < -0.39 is 6.04 Å². The van der Waals surface area contributed by atoms with Crippen molar-refractivity contribution in [2.45, 2.75) is 25.4 Å². The number of carbonyl (C=O) groups is 1. The average molecular weight is 596 g/mol. The van der Waals surface area contributed by atoms with Crippen LogP contribution in [0.5, 0.6) is 0 Å². The fourth-order valence-electron chi connectivity index (χ4n) is 5.55. The van der Waals surface area contributed by atoms with E-state index in [1.54, 1.807) is 10.9 Å². The van der Waals surface area contributed by atoms with Crippen LogP contribution in [0.1, 0.15) is 23.9 Å². The third-order valence-corrected chi connectivity index (χ3v) is 8.50. The third-order valence-electron chi connectivity index (χ3n) is 7.50. The van der Waals surface area contributed by atoms with E-state index in [4.69, 9.17) is 16.7 Å². The van der Waals surface area contributed by atoms with Gasteiger partial charge < -0.3 is 14.8 Å². The number of halogens is 2. The molecule has 5 aromatic rings. The Hall–Kier alpha value is -3.44. The van der Waals surface area contributed by atoms with E-state index in [1.165, 1.54) is 17.0 Å². The van der Waals surface area contributed by atoms with E-state index in [2.05, 4.69) is 54.3 Å². The van der Waals surface area contributed by atoms with Crippen molar-refractivity contribution in [2.75, 3.05) is 36.4 Å². The van der Waals surface area contributed by atoms with Crippen molar-refractivity contribution in [1.82, 2.24) is 29.6 Å². The first-order valence-electron chi connectivity index (χ1n) is 13.1. The molecule has 2 aliphatic rings. The molecular formula is C28H28Cl2N8OS. The minimum absolute atomic E-state index is 0. The highest BCUT2D eigenvalue weighted by Crippen LogP contribution is 2.34. The highest BCUT2D eigenvalue weighted by molar-refractivity contribution is 7.13. The van der Waals surface area contributed by atoms with E-state index in [0.717, 1.165) is 73.3 Å². The standard InChI is InChI=1S/C28H27ClN8OS.ClH/c29-22-14-19(18-3-5-20(6-4-18)35-11-7-30-8-12-35)15-23-21(22)16-37(34-23)26(27(38)33-28-31-9-13-39-28)25-24-2-1-10-36(24)17-32-25;/h3-6,9,13-17,26,30H,1-2,7-8,10-12H2,(H,31,33,38);1H. The van der Waals surface area contributed by atoms with Gasteiger partial charge in [0.15, 0.2) is 11.2 Å². The third kappa shape index (κ3) is 4.96. The van der Waals surface area contributed by atoms with Gasteiger partial charge in [0.25, 0.3) is 5.91 Å². The van der Waals surface area contributed by atoms with Gasteiger partial charge in [-0.3, -0.25) is 14.8 Å². The number of carbonyl (C=O) groups excluding carboxylic acids is 1. The van der Waals surface area contributed by atoms with Gasteiger partial charge in [-0.2, -0.15) is 5.10 Å². The van der Waals surface area contributed by atoms with Gasteiger partial charge in [0.2, 0.25) is 0 Å². The number of imidazole rings is 1. The lowest BCUT2D eigenvalue weighted by atomic mass is 10.0. The Kier molecular flexibility index (Phi) is 7.50. The molecule has 0 spiro atoms. The van der Waals surface area contributed by atoms with E-state index in [1.807, 2.05) is 30.0 Å². The Bertz CT molecular complexity index is 1640. The van der Waals surface area contributed by atoms with Crippen molar-refractivity contribution in [3.05, 3.63) is 76.9 Å². The Balaban J connectivity index is 0.00000289. The van der Waals surface area contributed by atoms with E-state index in [0.29, 0.717) is 15.8 Å². The molecule has 2 aliphatic heterocycles. The number of nitrogens with one attached hydrogen (secondary N) is 2. The second-order valence-electron chi connectivity index (χ2n) is 9.89. The molecule has 2 N–H and O–H groups in total. The summed E-state index contributed by atoms with van der Waals surface area (Å²) in [5.41, 5.74) is 5.79. The minimum atomic E-state index is -0.742. The summed E-state index contributed by atoms with van der Waals surface area (Å²) >= 11 is 8.18. The first-order chi connectivity index (χ1) is 19.1. The Morgan fingerprint density at radius 3 is 2.67 bits per heavy atom. The smallest absolute Gasteiger partial charge is 0.257 e. The van der Waals surface area contributed by atoms with Gasteiger partial charge in [0.1, 0.15) is 0 Å². The molecule has 7 rings (SSSR count). The van der Waals surface area contributed by atoms with Crippen LogP contribution in [0.2, 0.25) is 5.02 Å². The number of benzene rings is 2. The van der Waals surface area contributed by atoms with E-state index >= 15 is 0 Å². The summed E-state index contributed by atoms with van der Waals surface area (Å²) in [6, 6.07) is 11.8. The lowest BCUT2D eigenvalue weighted by Gasteiger charge is -2.29. The fraction of sp³-hybridized carbons (Fsp3) is 0.286. The van der Waals surface area contributed by atoms with Crippen LogP contribution in [0.25, 0.3) is 22.0 Å². The maximum absolute atomic E-state index is 13.6. The molecular weight excluding hydrogens is 567 g/mol. The van der Waals surface area contributed by atoms with E-state index in [9.17, 15) is 4.79 Å². The predicted molar refractivity (Wildman–Crippen MR) is 162 cm³/mol. The molecule has 1 saturated heterocycles. The zero-order valence-electron chi connectivity index (χ0n) is 21.6. The van der Waals surface area contributed by atoms with Crippen LogP contribution in [0.15, 0.2) is 60.5 Å². The van der Waals surface area contributed by atoms with Crippen LogP contribution in [-0.2, 0) is 17.8 Å². The molecule has 1 amide bonds. The van der Waals surface area contributed by atoms with Crippen molar-refractivity contribution in [3.63, 3.8) is 0 Å².